The molecule has 0 aliphatic rings. The topological polar surface area (TPSA) is 86.6 Å². The van der Waals surface area contributed by atoms with Gasteiger partial charge in [0.15, 0.2) is 0 Å². The van der Waals surface area contributed by atoms with E-state index in [-0.39, 0.29) is 0 Å². The molecule has 0 aliphatic carbocycles. The number of rotatable bonds is 6. The third-order valence-electron chi connectivity index (χ3n) is 2.92. The third kappa shape index (κ3) is 2.62. The summed E-state index contributed by atoms with van der Waals surface area (Å²) in [5, 5.41) is 9.28. The van der Waals surface area contributed by atoms with Crippen LogP contribution in [0, 0.1) is 0 Å². The SMILES string of the molecule is CCCC(CO)(NCl)C(C)(C)S(=O)(=O)O. The summed E-state index contributed by atoms with van der Waals surface area (Å²) in [6.07, 6.45) is 0.957. The minimum atomic E-state index is -4.31. The van der Waals surface area contributed by atoms with E-state index in [4.69, 9.17) is 16.3 Å². The second kappa shape index (κ2) is 4.97. The molecule has 92 valence electrons. The molecular formula is C8H18ClNO4S. The lowest BCUT2D eigenvalue weighted by molar-refractivity contribution is 0.136. The van der Waals surface area contributed by atoms with Crippen LogP contribution in [-0.2, 0) is 10.1 Å². The molecular weight excluding hydrogens is 242 g/mol. The van der Waals surface area contributed by atoms with Gasteiger partial charge in [0.2, 0.25) is 0 Å². The predicted molar refractivity (Wildman–Crippen MR) is 59.3 cm³/mol. The van der Waals surface area contributed by atoms with Gasteiger partial charge in [-0.1, -0.05) is 13.3 Å². The van der Waals surface area contributed by atoms with Gasteiger partial charge in [0.1, 0.15) is 4.75 Å². The second-order valence-corrected chi connectivity index (χ2v) is 6.23. The van der Waals surface area contributed by atoms with Gasteiger partial charge in [0, 0.05) is 0 Å². The molecule has 0 aliphatic heterocycles. The van der Waals surface area contributed by atoms with Crippen molar-refractivity contribution in [2.45, 2.75) is 43.9 Å². The normalized spacial score (nSPS) is 17.5. The highest BCUT2D eigenvalue weighted by Gasteiger charge is 2.52. The van der Waals surface area contributed by atoms with Crippen LogP contribution in [0.1, 0.15) is 33.6 Å². The monoisotopic (exact) mass is 259 g/mol. The minimum absolute atomic E-state index is 0.333. The quantitative estimate of drug-likeness (QED) is 0.488. The van der Waals surface area contributed by atoms with Crippen molar-refractivity contribution in [2.24, 2.45) is 0 Å². The molecule has 0 radical (unpaired) electrons. The first kappa shape index (κ1) is 15.1. The van der Waals surface area contributed by atoms with Crippen molar-refractivity contribution in [3.63, 3.8) is 0 Å². The van der Waals surface area contributed by atoms with E-state index in [9.17, 15) is 13.5 Å². The Balaban J connectivity index is 5.42. The van der Waals surface area contributed by atoms with Crippen molar-refractivity contribution in [1.29, 1.82) is 0 Å². The molecule has 0 rings (SSSR count). The molecule has 7 heteroatoms. The zero-order valence-corrected chi connectivity index (χ0v) is 10.7. The van der Waals surface area contributed by atoms with Crippen LogP contribution in [0.5, 0.6) is 0 Å². The zero-order valence-electron chi connectivity index (χ0n) is 9.12. The fourth-order valence-corrected chi connectivity index (χ4v) is 2.59. The van der Waals surface area contributed by atoms with Gasteiger partial charge in [0.25, 0.3) is 10.1 Å². The van der Waals surface area contributed by atoms with E-state index >= 15 is 0 Å². The van der Waals surface area contributed by atoms with Crippen LogP contribution in [0.2, 0.25) is 0 Å². The van der Waals surface area contributed by atoms with Gasteiger partial charge in [0.05, 0.1) is 12.1 Å². The van der Waals surface area contributed by atoms with E-state index in [2.05, 4.69) is 4.84 Å². The molecule has 1 unspecified atom stereocenters. The minimum Gasteiger partial charge on any atom is -0.394 e. The number of aliphatic hydroxyl groups is 1. The Morgan fingerprint density at radius 3 is 2.07 bits per heavy atom. The number of aliphatic hydroxyl groups excluding tert-OH is 1. The number of nitrogens with one attached hydrogen (secondary N) is 1. The van der Waals surface area contributed by atoms with Crippen molar-refractivity contribution in [3.8, 4) is 0 Å². The summed E-state index contributed by atoms with van der Waals surface area (Å²) in [6, 6.07) is 0. The van der Waals surface area contributed by atoms with Crippen LogP contribution < -0.4 is 4.84 Å². The van der Waals surface area contributed by atoms with Crippen LogP contribution in [0.4, 0.5) is 0 Å². The summed E-state index contributed by atoms with van der Waals surface area (Å²) in [5.74, 6) is 0. The van der Waals surface area contributed by atoms with E-state index in [1.165, 1.54) is 13.8 Å². The molecule has 1 atom stereocenters. The number of halogens is 1. The van der Waals surface area contributed by atoms with Gasteiger partial charge in [-0.25, -0.2) is 4.84 Å². The largest absolute Gasteiger partial charge is 0.394 e. The van der Waals surface area contributed by atoms with Crippen LogP contribution in [0.15, 0.2) is 0 Å². The first-order chi connectivity index (χ1) is 6.68. The van der Waals surface area contributed by atoms with E-state index in [0.29, 0.717) is 12.8 Å². The molecule has 15 heavy (non-hydrogen) atoms. The maximum Gasteiger partial charge on any atom is 0.272 e. The first-order valence-electron chi connectivity index (χ1n) is 4.64. The average Bonchev–Trinajstić information content (AvgIpc) is 2.12. The molecule has 0 saturated heterocycles. The fourth-order valence-electron chi connectivity index (χ4n) is 1.44. The lowest BCUT2D eigenvalue weighted by atomic mass is 9.83. The van der Waals surface area contributed by atoms with Gasteiger partial charge < -0.3 is 5.11 Å². The van der Waals surface area contributed by atoms with Crippen molar-refractivity contribution < 1.29 is 18.1 Å². The average molecular weight is 260 g/mol. The maximum absolute atomic E-state index is 11.2. The molecule has 5 nitrogen and oxygen atoms in total. The van der Waals surface area contributed by atoms with Crippen LogP contribution in [0.3, 0.4) is 0 Å². The first-order valence-corrected chi connectivity index (χ1v) is 6.46. The molecule has 0 aromatic heterocycles. The molecule has 0 amide bonds. The molecule has 3 N–H and O–H groups in total. The van der Waals surface area contributed by atoms with E-state index in [0.717, 1.165) is 0 Å². The van der Waals surface area contributed by atoms with Crippen molar-refractivity contribution >= 4 is 21.9 Å². The Hall–Kier alpha value is 0.120. The molecule has 0 spiro atoms. The number of hydrogen-bond donors (Lipinski definition) is 3. The third-order valence-corrected chi connectivity index (χ3v) is 4.97. The number of hydrogen-bond acceptors (Lipinski definition) is 4. The van der Waals surface area contributed by atoms with Crippen LogP contribution in [-0.4, -0.2) is 35.0 Å². The Morgan fingerprint density at radius 1 is 1.40 bits per heavy atom. The summed E-state index contributed by atoms with van der Waals surface area (Å²) in [4.78, 5) is 2.30. The molecule has 0 aromatic rings. The highest BCUT2D eigenvalue weighted by Crippen LogP contribution is 2.33. The second-order valence-electron chi connectivity index (χ2n) is 4.07. The fraction of sp³-hybridized carbons (Fsp3) is 1.00. The van der Waals surface area contributed by atoms with Crippen molar-refractivity contribution in [1.82, 2.24) is 4.84 Å². The molecule has 0 fully saturated rings. The van der Waals surface area contributed by atoms with Crippen molar-refractivity contribution in [2.75, 3.05) is 6.61 Å². The van der Waals surface area contributed by atoms with E-state index in [1.807, 2.05) is 6.92 Å². The smallest absolute Gasteiger partial charge is 0.272 e. The zero-order chi connectivity index (χ0) is 12.3. The Bertz CT molecular complexity index is 298. The molecule has 0 heterocycles. The van der Waals surface area contributed by atoms with Crippen molar-refractivity contribution in [3.05, 3.63) is 0 Å². The lowest BCUT2D eigenvalue weighted by Gasteiger charge is -2.41. The highest BCUT2D eigenvalue weighted by molar-refractivity contribution is 7.87. The predicted octanol–water partition coefficient (Wildman–Crippen LogP) is 0.927. The molecule has 0 saturated carbocycles. The van der Waals surface area contributed by atoms with Gasteiger partial charge in [-0.2, -0.15) is 8.42 Å². The Kier molecular flexibility index (Phi) is 5.01. The molecule has 0 bridgehead atoms. The van der Waals surface area contributed by atoms with Gasteiger partial charge >= 0.3 is 0 Å². The Labute approximate surface area is 95.7 Å². The summed E-state index contributed by atoms with van der Waals surface area (Å²) >= 11 is 5.51. The van der Waals surface area contributed by atoms with Gasteiger partial charge in [-0.15, -0.1) is 0 Å². The summed E-state index contributed by atoms with van der Waals surface area (Å²) in [7, 11) is -4.31. The lowest BCUT2D eigenvalue weighted by Crippen LogP contribution is -2.63. The van der Waals surface area contributed by atoms with Crippen LogP contribution >= 0.6 is 11.8 Å². The maximum atomic E-state index is 11.2. The highest BCUT2D eigenvalue weighted by atomic mass is 35.5. The van der Waals surface area contributed by atoms with E-state index < -0.39 is 27.0 Å². The standard InChI is InChI=1S/C8H18ClNO4S/c1-4-5-8(6-11,10-9)7(2,3)15(12,13)14/h10-11H,4-6H2,1-3H3,(H,12,13,14). The Morgan fingerprint density at radius 2 is 1.87 bits per heavy atom. The summed E-state index contributed by atoms with van der Waals surface area (Å²) in [5.41, 5.74) is -1.25. The van der Waals surface area contributed by atoms with Crippen LogP contribution in [0.25, 0.3) is 0 Å². The summed E-state index contributed by atoms with van der Waals surface area (Å²) < 4.78 is 30.0. The summed E-state index contributed by atoms with van der Waals surface area (Å²) in [6.45, 7) is 4.00. The van der Waals surface area contributed by atoms with Gasteiger partial charge in [-0.3, -0.25) is 4.55 Å². The van der Waals surface area contributed by atoms with Gasteiger partial charge in [-0.05, 0) is 32.0 Å². The van der Waals surface area contributed by atoms with E-state index in [1.54, 1.807) is 0 Å². The molecule has 0 aromatic carbocycles.